The highest BCUT2D eigenvalue weighted by Crippen LogP contribution is 2.26. The second-order valence-corrected chi connectivity index (χ2v) is 7.25. The van der Waals surface area contributed by atoms with Crippen LogP contribution in [0.4, 0.5) is 8.78 Å². The molecule has 2 amide bonds. The highest BCUT2D eigenvalue weighted by molar-refractivity contribution is 6.06. The summed E-state index contributed by atoms with van der Waals surface area (Å²) in [5.41, 5.74) is 1.64. The maximum Gasteiger partial charge on any atom is 0.260 e. The number of hydrogen-bond acceptors (Lipinski definition) is 5. The van der Waals surface area contributed by atoms with Crippen molar-refractivity contribution >= 4 is 22.7 Å². The number of fused-ring (bicyclic) bond motifs is 1. The number of halogens is 2. The van der Waals surface area contributed by atoms with Crippen LogP contribution < -0.4 is 10.1 Å². The molecule has 0 aliphatic carbocycles. The predicted molar refractivity (Wildman–Crippen MR) is 112 cm³/mol. The van der Waals surface area contributed by atoms with Gasteiger partial charge in [-0.3, -0.25) is 9.59 Å². The van der Waals surface area contributed by atoms with E-state index in [4.69, 9.17) is 9.47 Å². The number of carbonyl (C=O) groups is 2. The third-order valence-electron chi connectivity index (χ3n) is 5.20. The Kier molecular flexibility index (Phi) is 6.27. The summed E-state index contributed by atoms with van der Waals surface area (Å²) in [7, 11) is 1.55. The molecule has 0 bridgehead atoms. The Balaban J connectivity index is 1.50. The van der Waals surface area contributed by atoms with Crippen LogP contribution in [-0.4, -0.2) is 55.0 Å². The van der Waals surface area contributed by atoms with Crippen molar-refractivity contribution in [2.45, 2.75) is 6.10 Å². The molecule has 1 aliphatic heterocycles. The first-order valence-electron chi connectivity index (χ1n) is 10.0. The van der Waals surface area contributed by atoms with Crippen LogP contribution in [0.15, 0.2) is 48.5 Å². The zero-order chi connectivity index (χ0) is 22.7. The number of amides is 2. The number of morpholine rings is 1. The molecule has 1 N–H and O–H groups in total. The van der Waals surface area contributed by atoms with Crippen LogP contribution in [0.1, 0.15) is 22.2 Å². The zero-order valence-corrected chi connectivity index (χ0v) is 17.3. The van der Waals surface area contributed by atoms with Crippen molar-refractivity contribution in [1.29, 1.82) is 0 Å². The van der Waals surface area contributed by atoms with E-state index in [1.807, 2.05) is 24.3 Å². The Morgan fingerprint density at radius 3 is 2.81 bits per heavy atom. The first kappa shape index (κ1) is 21.6. The van der Waals surface area contributed by atoms with Crippen molar-refractivity contribution in [3.63, 3.8) is 0 Å². The molecule has 166 valence electrons. The van der Waals surface area contributed by atoms with Crippen molar-refractivity contribution in [3.8, 4) is 5.75 Å². The number of nitrogens with one attached hydrogen (secondary N) is 1. The Hall–Kier alpha value is -3.59. The molecule has 0 saturated carbocycles. The van der Waals surface area contributed by atoms with Crippen molar-refractivity contribution in [1.82, 2.24) is 15.2 Å². The number of aromatic nitrogens is 1. The molecule has 2 heterocycles. The van der Waals surface area contributed by atoms with Crippen LogP contribution >= 0.6 is 0 Å². The van der Waals surface area contributed by atoms with E-state index in [2.05, 4.69) is 10.3 Å². The molecule has 1 aromatic heterocycles. The molecule has 3 aromatic rings. The molecule has 1 aliphatic rings. The summed E-state index contributed by atoms with van der Waals surface area (Å²) in [5.74, 6) is -2.41. The third kappa shape index (κ3) is 4.52. The molecule has 32 heavy (non-hydrogen) atoms. The van der Waals surface area contributed by atoms with Crippen molar-refractivity contribution in [3.05, 3.63) is 71.4 Å². The summed E-state index contributed by atoms with van der Waals surface area (Å²) >= 11 is 0. The monoisotopic (exact) mass is 441 g/mol. The first-order valence-corrected chi connectivity index (χ1v) is 10.0. The number of nitrogens with zero attached hydrogens (tertiary/aromatic N) is 2. The number of pyridine rings is 1. The summed E-state index contributed by atoms with van der Waals surface area (Å²) < 4.78 is 37.8. The molecule has 2 aromatic carbocycles. The highest BCUT2D eigenvalue weighted by atomic mass is 19.1. The summed E-state index contributed by atoms with van der Waals surface area (Å²) in [5, 5.41) is 3.34. The standard InChI is InChI=1S/C23H21F2N3O4/c1-26-23(30)16-11-19(27-18-5-3-2-4-15(16)18)21-12-28(8-9-31-21)22(29)13-32-20-7-6-14(24)10-17(20)25/h2-7,10-11,21H,8-9,12-13H2,1H3,(H,26,30)/t21-/m0/s1. The lowest BCUT2D eigenvalue weighted by molar-refractivity contribution is -0.141. The van der Waals surface area contributed by atoms with Gasteiger partial charge in [0.05, 0.1) is 29.9 Å². The van der Waals surface area contributed by atoms with Crippen LogP contribution in [0, 0.1) is 11.6 Å². The van der Waals surface area contributed by atoms with Gasteiger partial charge in [-0.2, -0.15) is 0 Å². The van der Waals surface area contributed by atoms with E-state index >= 15 is 0 Å². The second kappa shape index (κ2) is 9.27. The molecule has 1 fully saturated rings. The van der Waals surface area contributed by atoms with Crippen molar-refractivity contribution in [2.75, 3.05) is 33.4 Å². The SMILES string of the molecule is CNC(=O)c1cc([C@@H]2CN(C(=O)COc3ccc(F)cc3F)CCO2)nc2ccccc12. The molecular weight excluding hydrogens is 420 g/mol. The van der Waals surface area contributed by atoms with Gasteiger partial charge in [0, 0.05) is 25.0 Å². The largest absolute Gasteiger partial charge is 0.481 e. The molecule has 1 atom stereocenters. The number of ether oxygens (including phenoxy) is 2. The average molecular weight is 441 g/mol. The summed E-state index contributed by atoms with van der Waals surface area (Å²) in [6.07, 6.45) is -0.539. The number of rotatable bonds is 5. The van der Waals surface area contributed by atoms with Gasteiger partial charge in [-0.25, -0.2) is 13.8 Å². The third-order valence-corrected chi connectivity index (χ3v) is 5.20. The Morgan fingerprint density at radius 1 is 1.22 bits per heavy atom. The summed E-state index contributed by atoms with van der Waals surface area (Å²) in [6, 6.07) is 11.8. The number of para-hydroxylation sites is 1. The van der Waals surface area contributed by atoms with Gasteiger partial charge in [0.25, 0.3) is 11.8 Å². The minimum absolute atomic E-state index is 0.198. The number of carbonyl (C=O) groups excluding carboxylic acids is 2. The quantitative estimate of drug-likeness (QED) is 0.659. The minimum Gasteiger partial charge on any atom is -0.481 e. The normalized spacial score (nSPS) is 16.1. The Morgan fingerprint density at radius 2 is 2.03 bits per heavy atom. The number of benzene rings is 2. The fourth-order valence-corrected chi connectivity index (χ4v) is 3.56. The molecule has 7 nitrogen and oxygen atoms in total. The first-order chi connectivity index (χ1) is 15.5. The molecule has 4 rings (SSSR count). The molecule has 1 saturated heterocycles. The van der Waals surface area contributed by atoms with E-state index in [1.54, 1.807) is 13.1 Å². The zero-order valence-electron chi connectivity index (χ0n) is 17.3. The predicted octanol–water partition coefficient (Wildman–Crippen LogP) is 2.85. The summed E-state index contributed by atoms with van der Waals surface area (Å²) in [4.78, 5) is 31.2. The van der Waals surface area contributed by atoms with Crippen molar-refractivity contribution in [2.24, 2.45) is 0 Å². The minimum atomic E-state index is -0.875. The van der Waals surface area contributed by atoms with E-state index in [1.165, 1.54) is 4.90 Å². The van der Waals surface area contributed by atoms with Crippen LogP contribution in [-0.2, 0) is 9.53 Å². The Labute approximate surface area is 182 Å². The number of hydrogen-bond donors (Lipinski definition) is 1. The van der Waals surface area contributed by atoms with Crippen LogP contribution in [0.3, 0.4) is 0 Å². The maximum atomic E-state index is 13.7. The molecule has 0 radical (unpaired) electrons. The average Bonchev–Trinajstić information content (AvgIpc) is 2.82. The van der Waals surface area contributed by atoms with Gasteiger partial charge < -0.3 is 19.7 Å². The topological polar surface area (TPSA) is 80.8 Å². The van der Waals surface area contributed by atoms with E-state index in [0.717, 1.165) is 12.1 Å². The molecule has 0 spiro atoms. The van der Waals surface area contributed by atoms with E-state index < -0.39 is 24.3 Å². The van der Waals surface area contributed by atoms with Gasteiger partial charge in [-0.15, -0.1) is 0 Å². The van der Waals surface area contributed by atoms with Gasteiger partial charge in [-0.05, 0) is 24.3 Å². The highest BCUT2D eigenvalue weighted by Gasteiger charge is 2.28. The van der Waals surface area contributed by atoms with Gasteiger partial charge in [0.15, 0.2) is 18.2 Å². The molecular formula is C23H21F2N3O4. The van der Waals surface area contributed by atoms with Gasteiger partial charge in [0.2, 0.25) is 0 Å². The molecule has 9 heteroatoms. The lowest BCUT2D eigenvalue weighted by Crippen LogP contribution is -2.44. The molecule has 0 unspecified atom stereocenters. The van der Waals surface area contributed by atoms with Crippen molar-refractivity contribution < 1.29 is 27.8 Å². The van der Waals surface area contributed by atoms with Gasteiger partial charge in [-0.1, -0.05) is 18.2 Å². The van der Waals surface area contributed by atoms with Crippen LogP contribution in [0.25, 0.3) is 10.9 Å². The van der Waals surface area contributed by atoms with Crippen LogP contribution in [0.5, 0.6) is 5.75 Å². The second-order valence-electron chi connectivity index (χ2n) is 7.25. The fourth-order valence-electron chi connectivity index (χ4n) is 3.56. The van der Waals surface area contributed by atoms with Gasteiger partial charge in [0.1, 0.15) is 11.9 Å². The van der Waals surface area contributed by atoms with E-state index in [9.17, 15) is 18.4 Å². The smallest absolute Gasteiger partial charge is 0.260 e. The fraction of sp³-hybridized carbons (Fsp3) is 0.261. The van der Waals surface area contributed by atoms with Gasteiger partial charge >= 0.3 is 0 Å². The van der Waals surface area contributed by atoms with E-state index in [0.29, 0.717) is 34.8 Å². The summed E-state index contributed by atoms with van der Waals surface area (Å²) in [6.45, 7) is 0.405. The maximum absolute atomic E-state index is 13.7. The van der Waals surface area contributed by atoms with E-state index in [-0.39, 0.29) is 30.7 Å². The lowest BCUT2D eigenvalue weighted by Gasteiger charge is -2.33. The van der Waals surface area contributed by atoms with Crippen LogP contribution in [0.2, 0.25) is 0 Å². The lowest BCUT2D eigenvalue weighted by atomic mass is 10.0. The Bertz CT molecular complexity index is 1170.